The van der Waals surface area contributed by atoms with Crippen LogP contribution in [0.15, 0.2) is 18.2 Å². The molecule has 0 aliphatic carbocycles. The fraction of sp³-hybridized carbons (Fsp3) is 0.333. The quantitative estimate of drug-likeness (QED) is 0.475. The van der Waals surface area contributed by atoms with E-state index < -0.39 is 34.6 Å². The zero-order chi connectivity index (χ0) is 13.9. The van der Waals surface area contributed by atoms with Crippen LogP contribution in [0.3, 0.4) is 0 Å². The maximum absolute atomic E-state index is 13.3. The van der Waals surface area contributed by atoms with E-state index in [4.69, 9.17) is 0 Å². The molecule has 0 fully saturated rings. The predicted octanol–water partition coefficient (Wildman–Crippen LogP) is 2.68. The molecule has 0 aromatic heterocycles. The Labute approximate surface area is 102 Å². The Kier molecular flexibility index (Phi) is 4.11. The molecule has 0 saturated carbocycles. The number of benzene rings is 1. The lowest BCUT2D eigenvalue weighted by Crippen LogP contribution is -2.20. The maximum atomic E-state index is 13.3. The SMILES string of the molecule is CCOC(=O)C(=O)c1cc(C(C)(F)F)ccc1F. The first-order valence-corrected chi connectivity index (χ1v) is 5.16. The van der Waals surface area contributed by atoms with Crippen LogP contribution < -0.4 is 0 Å². The van der Waals surface area contributed by atoms with E-state index in [1.807, 2.05) is 0 Å². The number of halogens is 3. The minimum atomic E-state index is -3.22. The Morgan fingerprint density at radius 1 is 1.33 bits per heavy atom. The molecule has 0 heterocycles. The van der Waals surface area contributed by atoms with Crippen molar-refractivity contribution >= 4 is 11.8 Å². The molecule has 0 unspecified atom stereocenters. The third-order valence-corrected chi connectivity index (χ3v) is 2.18. The van der Waals surface area contributed by atoms with E-state index in [-0.39, 0.29) is 6.61 Å². The van der Waals surface area contributed by atoms with E-state index >= 15 is 0 Å². The monoisotopic (exact) mass is 260 g/mol. The molecule has 6 heteroatoms. The van der Waals surface area contributed by atoms with Crippen molar-refractivity contribution < 1.29 is 27.5 Å². The summed E-state index contributed by atoms with van der Waals surface area (Å²) < 4.78 is 43.8. The van der Waals surface area contributed by atoms with Crippen LogP contribution in [0.1, 0.15) is 29.8 Å². The Morgan fingerprint density at radius 2 is 1.94 bits per heavy atom. The third-order valence-electron chi connectivity index (χ3n) is 2.18. The van der Waals surface area contributed by atoms with Crippen molar-refractivity contribution in [1.29, 1.82) is 0 Å². The smallest absolute Gasteiger partial charge is 0.379 e. The number of esters is 1. The lowest BCUT2D eigenvalue weighted by Gasteiger charge is -2.11. The molecule has 0 aliphatic rings. The van der Waals surface area contributed by atoms with E-state index in [1.54, 1.807) is 0 Å². The molecule has 1 rings (SSSR count). The van der Waals surface area contributed by atoms with E-state index in [0.717, 1.165) is 12.1 Å². The molecule has 98 valence electrons. The molecule has 0 atom stereocenters. The van der Waals surface area contributed by atoms with Gasteiger partial charge in [0.1, 0.15) is 5.82 Å². The molecular weight excluding hydrogens is 249 g/mol. The van der Waals surface area contributed by atoms with E-state index in [9.17, 15) is 22.8 Å². The number of Topliss-reactive ketones (excluding diaryl/α,β-unsaturated/α-hetero) is 1. The summed E-state index contributed by atoms with van der Waals surface area (Å²) in [4.78, 5) is 22.6. The molecule has 1 aromatic carbocycles. The van der Waals surface area contributed by atoms with Gasteiger partial charge in [-0.3, -0.25) is 4.79 Å². The first-order valence-electron chi connectivity index (χ1n) is 5.16. The van der Waals surface area contributed by atoms with E-state index in [1.165, 1.54) is 6.92 Å². The van der Waals surface area contributed by atoms with Crippen LogP contribution in [0.2, 0.25) is 0 Å². The summed E-state index contributed by atoms with van der Waals surface area (Å²) in [6.45, 7) is 2.02. The summed E-state index contributed by atoms with van der Waals surface area (Å²) in [6, 6.07) is 2.24. The van der Waals surface area contributed by atoms with Crippen LogP contribution in [0.25, 0.3) is 0 Å². The van der Waals surface area contributed by atoms with Crippen LogP contribution in [-0.4, -0.2) is 18.4 Å². The number of carbonyl (C=O) groups excluding carboxylic acids is 2. The number of alkyl halides is 2. The second kappa shape index (κ2) is 5.20. The van der Waals surface area contributed by atoms with Gasteiger partial charge in [0.05, 0.1) is 12.2 Å². The number of carbonyl (C=O) groups is 2. The van der Waals surface area contributed by atoms with Crippen molar-refractivity contribution in [2.45, 2.75) is 19.8 Å². The van der Waals surface area contributed by atoms with Gasteiger partial charge in [-0.25, -0.2) is 18.0 Å². The topological polar surface area (TPSA) is 43.4 Å². The van der Waals surface area contributed by atoms with Gasteiger partial charge < -0.3 is 4.74 Å². The first kappa shape index (κ1) is 14.2. The standard InChI is InChI=1S/C12H11F3O3/c1-3-18-11(17)10(16)8-6-7(12(2,14)15)4-5-9(8)13/h4-6H,3H2,1-2H3. The van der Waals surface area contributed by atoms with Crippen LogP contribution in [-0.2, 0) is 15.5 Å². The largest absolute Gasteiger partial charge is 0.460 e. The Hall–Kier alpha value is -1.85. The summed E-state index contributed by atoms with van der Waals surface area (Å²) in [7, 11) is 0. The zero-order valence-corrected chi connectivity index (χ0v) is 9.80. The molecule has 0 radical (unpaired) electrons. The second-order valence-electron chi connectivity index (χ2n) is 3.63. The average molecular weight is 260 g/mol. The van der Waals surface area contributed by atoms with Crippen molar-refractivity contribution in [2.24, 2.45) is 0 Å². The predicted molar refractivity (Wildman–Crippen MR) is 56.9 cm³/mol. The molecule has 0 saturated heterocycles. The van der Waals surface area contributed by atoms with Gasteiger partial charge in [0.2, 0.25) is 0 Å². The number of hydrogen-bond acceptors (Lipinski definition) is 3. The minimum absolute atomic E-state index is 0.0597. The number of ether oxygens (including phenoxy) is 1. The highest BCUT2D eigenvalue weighted by molar-refractivity contribution is 6.40. The van der Waals surface area contributed by atoms with Gasteiger partial charge in [0, 0.05) is 12.5 Å². The van der Waals surface area contributed by atoms with Crippen molar-refractivity contribution in [3.8, 4) is 0 Å². The second-order valence-corrected chi connectivity index (χ2v) is 3.63. The normalized spacial score (nSPS) is 11.2. The van der Waals surface area contributed by atoms with Gasteiger partial charge in [0.15, 0.2) is 0 Å². The summed E-state index contributed by atoms with van der Waals surface area (Å²) >= 11 is 0. The highest BCUT2D eigenvalue weighted by atomic mass is 19.3. The minimum Gasteiger partial charge on any atom is -0.460 e. The highest BCUT2D eigenvalue weighted by Gasteiger charge is 2.28. The lowest BCUT2D eigenvalue weighted by molar-refractivity contribution is -0.137. The van der Waals surface area contributed by atoms with Gasteiger partial charge >= 0.3 is 5.97 Å². The molecule has 1 aromatic rings. The van der Waals surface area contributed by atoms with Gasteiger partial charge in [0.25, 0.3) is 11.7 Å². The van der Waals surface area contributed by atoms with Crippen LogP contribution in [0, 0.1) is 5.82 Å². The number of rotatable bonds is 4. The molecule has 0 amide bonds. The fourth-order valence-corrected chi connectivity index (χ4v) is 1.28. The number of ketones is 1. The zero-order valence-electron chi connectivity index (χ0n) is 9.80. The molecule has 18 heavy (non-hydrogen) atoms. The van der Waals surface area contributed by atoms with Crippen LogP contribution in [0.5, 0.6) is 0 Å². The van der Waals surface area contributed by atoms with Gasteiger partial charge in [-0.2, -0.15) is 0 Å². The fourth-order valence-electron chi connectivity index (χ4n) is 1.28. The maximum Gasteiger partial charge on any atom is 0.379 e. The summed E-state index contributed by atoms with van der Waals surface area (Å²) in [5.41, 5.74) is -1.26. The molecule has 3 nitrogen and oxygen atoms in total. The molecule has 0 spiro atoms. The van der Waals surface area contributed by atoms with E-state index in [2.05, 4.69) is 4.74 Å². The molecule has 0 N–H and O–H groups in total. The van der Waals surface area contributed by atoms with Crippen molar-refractivity contribution in [3.63, 3.8) is 0 Å². The van der Waals surface area contributed by atoms with E-state index in [0.29, 0.717) is 13.0 Å². The Bertz CT molecular complexity index is 478. The van der Waals surface area contributed by atoms with Crippen LogP contribution in [0.4, 0.5) is 13.2 Å². The summed E-state index contributed by atoms with van der Waals surface area (Å²) in [5.74, 6) is -6.81. The van der Waals surface area contributed by atoms with Crippen molar-refractivity contribution in [3.05, 3.63) is 35.1 Å². The Balaban J connectivity index is 3.16. The lowest BCUT2D eigenvalue weighted by atomic mass is 10.0. The van der Waals surface area contributed by atoms with Crippen LogP contribution >= 0.6 is 0 Å². The summed E-state index contributed by atoms with van der Waals surface area (Å²) in [5, 5.41) is 0. The van der Waals surface area contributed by atoms with Gasteiger partial charge in [-0.15, -0.1) is 0 Å². The molecule has 0 bridgehead atoms. The highest BCUT2D eigenvalue weighted by Crippen LogP contribution is 2.28. The van der Waals surface area contributed by atoms with Crippen molar-refractivity contribution in [1.82, 2.24) is 0 Å². The third kappa shape index (κ3) is 3.09. The van der Waals surface area contributed by atoms with Gasteiger partial charge in [-0.1, -0.05) is 6.07 Å². The first-order chi connectivity index (χ1) is 8.27. The Morgan fingerprint density at radius 3 is 2.44 bits per heavy atom. The molecule has 0 aliphatic heterocycles. The average Bonchev–Trinajstić information content (AvgIpc) is 2.27. The van der Waals surface area contributed by atoms with Gasteiger partial charge in [-0.05, 0) is 19.1 Å². The number of hydrogen-bond donors (Lipinski definition) is 0. The summed E-state index contributed by atoms with van der Waals surface area (Å²) in [6.07, 6.45) is 0. The molecular formula is C12H11F3O3. The van der Waals surface area contributed by atoms with Crippen molar-refractivity contribution in [2.75, 3.05) is 6.61 Å².